The molecule has 0 saturated carbocycles. The van der Waals surface area contributed by atoms with Crippen LogP contribution in [0.25, 0.3) is 0 Å². The molecule has 2 aliphatic rings. The highest BCUT2D eigenvalue weighted by Crippen LogP contribution is 2.22. The van der Waals surface area contributed by atoms with E-state index in [1.165, 1.54) is 0 Å². The second-order valence-electron chi connectivity index (χ2n) is 4.35. The Balaban J connectivity index is 1.67. The molecule has 0 fully saturated rings. The van der Waals surface area contributed by atoms with Crippen molar-refractivity contribution in [2.24, 2.45) is 0 Å². The molecule has 7 heteroatoms. The molecular formula is C14H11NO6. The van der Waals surface area contributed by atoms with Gasteiger partial charge >= 0.3 is 5.97 Å². The Morgan fingerprint density at radius 1 is 1.14 bits per heavy atom. The van der Waals surface area contributed by atoms with E-state index < -0.39 is 24.5 Å². The van der Waals surface area contributed by atoms with E-state index in [0.717, 1.165) is 11.2 Å². The van der Waals surface area contributed by atoms with E-state index >= 15 is 0 Å². The van der Waals surface area contributed by atoms with Crippen molar-refractivity contribution < 1.29 is 28.6 Å². The first-order valence-electron chi connectivity index (χ1n) is 6.25. The van der Waals surface area contributed by atoms with Crippen molar-refractivity contribution in [3.63, 3.8) is 0 Å². The van der Waals surface area contributed by atoms with Crippen molar-refractivity contribution in [3.8, 4) is 0 Å². The molecule has 2 amide bonds. The van der Waals surface area contributed by atoms with Crippen LogP contribution in [0.1, 0.15) is 20.7 Å². The molecule has 1 aromatic rings. The smallest absolute Gasteiger partial charge is 0.378 e. The summed E-state index contributed by atoms with van der Waals surface area (Å²) < 4.78 is 14.9. The molecule has 0 aliphatic carbocycles. The minimum Gasteiger partial charge on any atom is -0.493 e. The van der Waals surface area contributed by atoms with Gasteiger partial charge in [-0.15, -0.1) is 0 Å². The van der Waals surface area contributed by atoms with Gasteiger partial charge in [0.2, 0.25) is 5.76 Å². The van der Waals surface area contributed by atoms with Gasteiger partial charge < -0.3 is 14.2 Å². The molecule has 0 saturated heterocycles. The molecule has 108 valence electrons. The summed E-state index contributed by atoms with van der Waals surface area (Å²) in [6.45, 7) is 0.134. The number of rotatable bonds is 3. The summed E-state index contributed by atoms with van der Waals surface area (Å²) >= 11 is 0. The average molecular weight is 289 g/mol. The summed E-state index contributed by atoms with van der Waals surface area (Å²) in [6.07, 6.45) is 1.15. The van der Waals surface area contributed by atoms with Crippen molar-refractivity contribution in [2.75, 3.05) is 19.9 Å². The Labute approximate surface area is 119 Å². The fourth-order valence-corrected chi connectivity index (χ4v) is 2.03. The highest BCUT2D eigenvalue weighted by molar-refractivity contribution is 6.21. The van der Waals surface area contributed by atoms with E-state index in [1.807, 2.05) is 0 Å². The summed E-state index contributed by atoms with van der Waals surface area (Å²) in [5.41, 5.74) is 0.602. The molecule has 0 atom stereocenters. The third-order valence-electron chi connectivity index (χ3n) is 3.05. The Morgan fingerprint density at radius 3 is 2.38 bits per heavy atom. The fraction of sp³-hybridized carbons (Fsp3) is 0.214. The second kappa shape index (κ2) is 5.28. The standard InChI is InChI=1S/C14H11NO6/c16-12-9-3-1-2-4-10(9)13(17)15(12)8-21-14(18)11-7-19-5-6-20-11/h1-4,7H,5-6,8H2. The number of carbonyl (C=O) groups excluding carboxylic acids is 3. The summed E-state index contributed by atoms with van der Waals surface area (Å²) in [4.78, 5) is 36.6. The van der Waals surface area contributed by atoms with E-state index in [-0.39, 0.29) is 12.4 Å². The zero-order chi connectivity index (χ0) is 14.8. The summed E-state index contributed by atoms with van der Waals surface area (Å²) in [5, 5.41) is 0. The molecule has 7 nitrogen and oxygen atoms in total. The van der Waals surface area contributed by atoms with E-state index in [1.54, 1.807) is 24.3 Å². The minimum atomic E-state index is -0.786. The third-order valence-corrected chi connectivity index (χ3v) is 3.05. The average Bonchev–Trinajstić information content (AvgIpc) is 2.78. The lowest BCUT2D eigenvalue weighted by molar-refractivity contribution is -0.147. The number of esters is 1. The number of hydrogen-bond donors (Lipinski definition) is 0. The lowest BCUT2D eigenvalue weighted by Gasteiger charge is -2.17. The van der Waals surface area contributed by atoms with Crippen molar-refractivity contribution >= 4 is 17.8 Å². The van der Waals surface area contributed by atoms with Gasteiger partial charge in [-0.05, 0) is 12.1 Å². The van der Waals surface area contributed by atoms with Crippen molar-refractivity contribution in [2.45, 2.75) is 0 Å². The highest BCUT2D eigenvalue weighted by atomic mass is 16.6. The largest absolute Gasteiger partial charge is 0.493 e. The molecule has 1 aromatic carbocycles. The van der Waals surface area contributed by atoms with Crippen molar-refractivity contribution in [3.05, 3.63) is 47.4 Å². The molecule has 2 aliphatic heterocycles. The molecule has 3 rings (SSSR count). The third kappa shape index (κ3) is 2.33. The van der Waals surface area contributed by atoms with Gasteiger partial charge in [0.1, 0.15) is 19.5 Å². The molecule has 0 radical (unpaired) electrons. The predicted molar refractivity (Wildman–Crippen MR) is 67.9 cm³/mol. The van der Waals surface area contributed by atoms with Crippen LogP contribution in [0.3, 0.4) is 0 Å². The van der Waals surface area contributed by atoms with Crippen molar-refractivity contribution in [1.82, 2.24) is 4.90 Å². The predicted octanol–water partition coefficient (Wildman–Crippen LogP) is 0.672. The zero-order valence-corrected chi connectivity index (χ0v) is 10.9. The molecule has 0 bridgehead atoms. The van der Waals surface area contributed by atoms with Crippen LogP contribution in [0, 0.1) is 0 Å². The van der Waals surface area contributed by atoms with Gasteiger partial charge in [-0.1, -0.05) is 12.1 Å². The molecule has 0 spiro atoms. The maximum Gasteiger partial charge on any atom is 0.378 e. The van der Waals surface area contributed by atoms with Crippen LogP contribution in [-0.2, 0) is 19.0 Å². The summed E-state index contributed by atoms with van der Waals surface area (Å²) in [6, 6.07) is 6.44. The molecule has 21 heavy (non-hydrogen) atoms. The van der Waals surface area contributed by atoms with Gasteiger partial charge in [0, 0.05) is 0 Å². The van der Waals surface area contributed by atoms with Crippen LogP contribution in [0.15, 0.2) is 36.3 Å². The minimum absolute atomic E-state index is 0.0853. The van der Waals surface area contributed by atoms with Crippen LogP contribution in [0.5, 0.6) is 0 Å². The van der Waals surface area contributed by atoms with Gasteiger partial charge in [0.15, 0.2) is 6.73 Å². The lowest BCUT2D eigenvalue weighted by atomic mass is 10.1. The Hall–Kier alpha value is -2.83. The van der Waals surface area contributed by atoms with Gasteiger partial charge in [0.25, 0.3) is 11.8 Å². The monoisotopic (exact) mass is 289 g/mol. The van der Waals surface area contributed by atoms with Gasteiger partial charge in [-0.3, -0.25) is 9.59 Å². The Kier molecular flexibility index (Phi) is 3.31. The van der Waals surface area contributed by atoms with Crippen LogP contribution < -0.4 is 0 Å². The molecule has 0 unspecified atom stereocenters. The fourth-order valence-electron chi connectivity index (χ4n) is 2.03. The number of ether oxygens (including phenoxy) is 3. The molecule has 0 aromatic heterocycles. The van der Waals surface area contributed by atoms with Crippen LogP contribution >= 0.6 is 0 Å². The maximum absolute atomic E-state index is 12.0. The van der Waals surface area contributed by atoms with E-state index in [0.29, 0.717) is 17.7 Å². The molecular weight excluding hydrogens is 278 g/mol. The van der Waals surface area contributed by atoms with Gasteiger partial charge in [-0.2, -0.15) is 0 Å². The Bertz CT molecular complexity index is 616. The SMILES string of the molecule is O=C(OCN1C(=O)c2ccccc2C1=O)C1=COCCO1. The number of carbonyl (C=O) groups is 3. The number of amides is 2. The lowest BCUT2D eigenvalue weighted by Crippen LogP contribution is -2.33. The summed E-state index contributed by atoms with van der Waals surface area (Å²) in [5.74, 6) is -1.85. The topological polar surface area (TPSA) is 82.1 Å². The molecule has 0 N–H and O–H groups in total. The number of fused-ring (bicyclic) bond motifs is 1. The van der Waals surface area contributed by atoms with Gasteiger partial charge in [-0.25, -0.2) is 9.69 Å². The quantitative estimate of drug-likeness (QED) is 0.601. The van der Waals surface area contributed by atoms with Crippen LogP contribution in [0.4, 0.5) is 0 Å². The number of hydrogen-bond acceptors (Lipinski definition) is 6. The number of nitrogens with zero attached hydrogens (tertiary/aromatic N) is 1. The highest BCUT2D eigenvalue weighted by Gasteiger charge is 2.36. The van der Waals surface area contributed by atoms with E-state index in [4.69, 9.17) is 14.2 Å². The second-order valence-corrected chi connectivity index (χ2v) is 4.35. The normalized spacial score (nSPS) is 16.8. The first kappa shape index (κ1) is 13.2. The van der Waals surface area contributed by atoms with E-state index in [9.17, 15) is 14.4 Å². The number of imide groups is 1. The van der Waals surface area contributed by atoms with E-state index in [2.05, 4.69) is 0 Å². The summed E-state index contributed by atoms with van der Waals surface area (Å²) in [7, 11) is 0. The first-order valence-corrected chi connectivity index (χ1v) is 6.25. The first-order chi connectivity index (χ1) is 10.2. The zero-order valence-electron chi connectivity index (χ0n) is 10.9. The maximum atomic E-state index is 12.0. The molecule has 2 heterocycles. The van der Waals surface area contributed by atoms with Crippen LogP contribution in [0.2, 0.25) is 0 Å². The Morgan fingerprint density at radius 2 is 1.81 bits per heavy atom. The van der Waals surface area contributed by atoms with Crippen molar-refractivity contribution in [1.29, 1.82) is 0 Å². The number of benzene rings is 1. The van der Waals surface area contributed by atoms with Crippen LogP contribution in [-0.4, -0.2) is 42.6 Å². The van der Waals surface area contributed by atoms with Gasteiger partial charge in [0.05, 0.1) is 11.1 Å².